The number of hydrogen-bond donors (Lipinski definition) is 0. The van der Waals surface area contributed by atoms with Crippen molar-refractivity contribution in [3.8, 4) is 0 Å². The number of rotatable bonds is 3. The van der Waals surface area contributed by atoms with Crippen LogP contribution in [0.15, 0.2) is 0 Å². The molecule has 0 radical (unpaired) electrons. The van der Waals surface area contributed by atoms with Crippen LogP contribution < -0.4 is 0 Å². The normalized spacial score (nSPS) is 24.8. The lowest BCUT2D eigenvalue weighted by Gasteiger charge is -2.17. The van der Waals surface area contributed by atoms with Crippen LogP contribution in [0.25, 0.3) is 0 Å². The highest BCUT2D eigenvalue weighted by Gasteiger charge is 2.27. The second-order valence-electron chi connectivity index (χ2n) is 3.51. The van der Waals surface area contributed by atoms with Gasteiger partial charge in [0.05, 0.1) is 6.61 Å². The van der Waals surface area contributed by atoms with Gasteiger partial charge in [-0.15, -0.1) is 11.6 Å². The minimum Gasteiger partial charge on any atom is -0.384 e. The highest BCUT2D eigenvalue weighted by molar-refractivity contribution is 6.30. The highest BCUT2D eigenvalue weighted by atomic mass is 35.5. The van der Waals surface area contributed by atoms with Crippen molar-refractivity contribution in [2.75, 3.05) is 26.8 Å². The summed E-state index contributed by atoms with van der Waals surface area (Å²) in [7, 11) is 1.69. The van der Waals surface area contributed by atoms with Gasteiger partial charge in [-0.1, -0.05) is 0 Å². The van der Waals surface area contributed by atoms with E-state index in [0.717, 1.165) is 26.1 Å². The van der Waals surface area contributed by atoms with Crippen LogP contribution in [0, 0.1) is 5.92 Å². The molecule has 1 aliphatic rings. The number of amides is 1. The Morgan fingerprint density at radius 1 is 1.77 bits per heavy atom. The Kier molecular flexibility index (Phi) is 4.00. The van der Waals surface area contributed by atoms with Crippen molar-refractivity contribution < 1.29 is 9.53 Å². The van der Waals surface area contributed by atoms with E-state index < -0.39 is 5.38 Å². The minimum absolute atomic E-state index is 0.0419. The average molecular weight is 206 g/mol. The molecule has 0 saturated carbocycles. The van der Waals surface area contributed by atoms with Crippen LogP contribution in [-0.2, 0) is 9.53 Å². The summed E-state index contributed by atoms with van der Waals surface area (Å²) in [5.74, 6) is 0.532. The van der Waals surface area contributed by atoms with Crippen molar-refractivity contribution in [3.63, 3.8) is 0 Å². The third-order valence-electron chi connectivity index (χ3n) is 2.34. The van der Waals surface area contributed by atoms with Crippen LogP contribution in [0.4, 0.5) is 0 Å². The number of nitrogens with zero attached hydrogens (tertiary/aromatic N) is 1. The van der Waals surface area contributed by atoms with E-state index in [4.69, 9.17) is 16.3 Å². The summed E-state index contributed by atoms with van der Waals surface area (Å²) in [6.45, 7) is 4.07. The number of carbonyl (C=O) groups excluding carboxylic acids is 1. The molecule has 1 saturated heterocycles. The van der Waals surface area contributed by atoms with Gasteiger partial charge in [-0.2, -0.15) is 0 Å². The largest absolute Gasteiger partial charge is 0.384 e. The molecule has 1 amide bonds. The number of hydrogen-bond acceptors (Lipinski definition) is 2. The van der Waals surface area contributed by atoms with Gasteiger partial charge in [0.15, 0.2) is 0 Å². The van der Waals surface area contributed by atoms with Crippen molar-refractivity contribution in [1.82, 2.24) is 4.90 Å². The van der Waals surface area contributed by atoms with Gasteiger partial charge < -0.3 is 9.64 Å². The lowest BCUT2D eigenvalue weighted by atomic mass is 10.1. The van der Waals surface area contributed by atoms with Crippen molar-refractivity contribution in [3.05, 3.63) is 0 Å². The Morgan fingerprint density at radius 3 is 3.00 bits per heavy atom. The molecule has 0 spiro atoms. The molecule has 0 bridgehead atoms. The topological polar surface area (TPSA) is 29.5 Å². The van der Waals surface area contributed by atoms with Gasteiger partial charge in [-0.05, 0) is 13.3 Å². The number of alkyl halides is 1. The molecular formula is C9H16ClNO2. The van der Waals surface area contributed by atoms with E-state index in [9.17, 15) is 4.79 Å². The molecule has 0 N–H and O–H groups in total. The molecule has 0 aromatic heterocycles. The standard InChI is InChI=1S/C9H16ClNO2/c1-7(10)9(12)11-4-3-8(5-11)6-13-2/h7-8H,3-6H2,1-2H3/t7-,8-/m1/s1. The molecule has 0 aromatic carbocycles. The number of likely N-dealkylation sites (tertiary alicyclic amines) is 1. The average Bonchev–Trinajstić information content (AvgIpc) is 2.52. The summed E-state index contributed by atoms with van der Waals surface area (Å²) < 4.78 is 5.04. The fraction of sp³-hybridized carbons (Fsp3) is 0.889. The van der Waals surface area contributed by atoms with Gasteiger partial charge >= 0.3 is 0 Å². The fourth-order valence-corrected chi connectivity index (χ4v) is 1.79. The lowest BCUT2D eigenvalue weighted by molar-refractivity contribution is -0.129. The second-order valence-corrected chi connectivity index (χ2v) is 4.16. The number of ether oxygens (including phenoxy) is 1. The third-order valence-corrected chi connectivity index (χ3v) is 2.53. The predicted molar refractivity (Wildman–Crippen MR) is 51.9 cm³/mol. The first kappa shape index (κ1) is 10.8. The van der Waals surface area contributed by atoms with Crippen LogP contribution >= 0.6 is 11.6 Å². The Hall–Kier alpha value is -0.280. The van der Waals surface area contributed by atoms with Gasteiger partial charge in [-0.25, -0.2) is 0 Å². The molecule has 0 aliphatic carbocycles. The Balaban J connectivity index is 2.36. The highest BCUT2D eigenvalue weighted by Crippen LogP contribution is 2.18. The summed E-state index contributed by atoms with van der Waals surface area (Å²) in [5, 5.41) is -0.402. The molecule has 1 heterocycles. The predicted octanol–water partition coefficient (Wildman–Crippen LogP) is 1.11. The molecule has 13 heavy (non-hydrogen) atoms. The van der Waals surface area contributed by atoms with E-state index in [1.165, 1.54) is 0 Å². The van der Waals surface area contributed by atoms with Gasteiger partial charge in [0, 0.05) is 26.1 Å². The van der Waals surface area contributed by atoms with E-state index in [2.05, 4.69) is 0 Å². The van der Waals surface area contributed by atoms with Crippen molar-refractivity contribution in [2.24, 2.45) is 5.92 Å². The Bertz CT molecular complexity index is 184. The quantitative estimate of drug-likeness (QED) is 0.646. The third kappa shape index (κ3) is 2.85. The Morgan fingerprint density at radius 2 is 2.46 bits per heavy atom. The second kappa shape index (κ2) is 4.82. The SMILES string of the molecule is COC[C@@H]1CCN(C(=O)[C@@H](C)Cl)C1. The van der Waals surface area contributed by atoms with Gasteiger partial charge in [0.25, 0.3) is 0 Å². The maximum Gasteiger partial charge on any atom is 0.240 e. The maximum absolute atomic E-state index is 11.4. The number of methoxy groups -OCH3 is 1. The molecule has 1 rings (SSSR count). The first-order valence-electron chi connectivity index (χ1n) is 4.57. The monoisotopic (exact) mass is 205 g/mol. The summed E-state index contributed by atoms with van der Waals surface area (Å²) in [6.07, 6.45) is 1.03. The summed E-state index contributed by atoms with van der Waals surface area (Å²) in [4.78, 5) is 13.3. The molecule has 0 unspecified atom stereocenters. The molecule has 1 aliphatic heterocycles. The lowest BCUT2D eigenvalue weighted by Crippen LogP contribution is -2.34. The van der Waals surface area contributed by atoms with E-state index in [1.807, 2.05) is 4.90 Å². The van der Waals surface area contributed by atoms with E-state index in [0.29, 0.717) is 5.92 Å². The van der Waals surface area contributed by atoms with Crippen LogP contribution in [0.2, 0.25) is 0 Å². The molecule has 2 atom stereocenters. The van der Waals surface area contributed by atoms with E-state index in [-0.39, 0.29) is 5.91 Å². The number of carbonyl (C=O) groups is 1. The zero-order valence-electron chi connectivity index (χ0n) is 8.12. The zero-order valence-corrected chi connectivity index (χ0v) is 8.88. The van der Waals surface area contributed by atoms with Crippen LogP contribution in [0.1, 0.15) is 13.3 Å². The molecule has 1 fully saturated rings. The summed E-state index contributed by atoms with van der Waals surface area (Å²) >= 11 is 5.71. The van der Waals surface area contributed by atoms with Crippen molar-refractivity contribution >= 4 is 17.5 Å². The molecular weight excluding hydrogens is 190 g/mol. The number of halogens is 1. The van der Waals surface area contributed by atoms with Crippen LogP contribution in [0.5, 0.6) is 0 Å². The maximum atomic E-state index is 11.4. The first-order valence-corrected chi connectivity index (χ1v) is 5.00. The molecule has 76 valence electrons. The van der Waals surface area contributed by atoms with E-state index in [1.54, 1.807) is 14.0 Å². The van der Waals surface area contributed by atoms with Crippen molar-refractivity contribution in [1.29, 1.82) is 0 Å². The van der Waals surface area contributed by atoms with E-state index >= 15 is 0 Å². The Labute approximate surface area is 84.0 Å². The molecule has 0 aromatic rings. The molecule has 4 heteroatoms. The van der Waals surface area contributed by atoms with Gasteiger partial charge in [0.2, 0.25) is 5.91 Å². The van der Waals surface area contributed by atoms with Crippen molar-refractivity contribution in [2.45, 2.75) is 18.7 Å². The first-order chi connectivity index (χ1) is 6.15. The fourth-order valence-electron chi connectivity index (χ4n) is 1.66. The summed E-state index contributed by atoms with van der Waals surface area (Å²) in [6, 6.07) is 0. The van der Waals surface area contributed by atoms with Crippen LogP contribution in [-0.4, -0.2) is 43.0 Å². The minimum atomic E-state index is -0.402. The summed E-state index contributed by atoms with van der Waals surface area (Å²) in [5.41, 5.74) is 0. The van der Waals surface area contributed by atoms with Gasteiger partial charge in [0.1, 0.15) is 5.38 Å². The molecule has 3 nitrogen and oxygen atoms in total. The smallest absolute Gasteiger partial charge is 0.240 e. The van der Waals surface area contributed by atoms with Gasteiger partial charge in [-0.3, -0.25) is 4.79 Å². The van der Waals surface area contributed by atoms with Crippen LogP contribution in [0.3, 0.4) is 0 Å². The zero-order chi connectivity index (χ0) is 9.84.